The molecule has 0 aliphatic rings. The second-order valence-corrected chi connectivity index (χ2v) is 2.77. The molecule has 90 valence electrons. The van der Waals surface area contributed by atoms with Crippen LogP contribution in [0.1, 0.15) is 6.42 Å². The molecule has 0 bridgehead atoms. The fraction of sp³-hybridized carbons (Fsp3) is 0.444. The number of carbonyl (C=O) groups excluding carboxylic acids is 2. The summed E-state index contributed by atoms with van der Waals surface area (Å²) in [5, 5.41) is 12.6. The average molecular weight is 230 g/mol. The first-order chi connectivity index (χ1) is 7.56. The molecule has 0 aliphatic carbocycles. The van der Waals surface area contributed by atoms with Gasteiger partial charge in [0, 0.05) is 6.54 Å². The van der Waals surface area contributed by atoms with Crippen molar-refractivity contribution in [1.29, 1.82) is 0 Å². The summed E-state index contributed by atoms with van der Waals surface area (Å²) in [6.07, 6.45) is 2.22. The minimum atomic E-state index is -1.18. The largest absolute Gasteiger partial charge is 0.480 e. The molecule has 3 N–H and O–H groups in total. The van der Waals surface area contributed by atoms with E-state index in [1.165, 1.54) is 0 Å². The number of aliphatic carboxylic acids is 1. The van der Waals surface area contributed by atoms with Gasteiger partial charge in [0.2, 0.25) is 0 Å². The van der Waals surface area contributed by atoms with E-state index in [9.17, 15) is 14.4 Å². The first-order valence-corrected chi connectivity index (χ1v) is 4.54. The van der Waals surface area contributed by atoms with Crippen LogP contribution in [0.15, 0.2) is 12.7 Å². The molecule has 7 nitrogen and oxygen atoms in total. The Bertz CT molecular complexity index is 277. The van der Waals surface area contributed by atoms with Crippen molar-refractivity contribution >= 4 is 17.9 Å². The van der Waals surface area contributed by atoms with Crippen molar-refractivity contribution in [3.63, 3.8) is 0 Å². The third kappa shape index (κ3) is 8.70. The van der Waals surface area contributed by atoms with Crippen LogP contribution < -0.4 is 10.6 Å². The summed E-state index contributed by atoms with van der Waals surface area (Å²) in [6.45, 7) is 2.79. The van der Waals surface area contributed by atoms with Crippen LogP contribution in [0.3, 0.4) is 0 Å². The maximum Gasteiger partial charge on any atom is 0.329 e. The Morgan fingerprint density at radius 1 is 1.31 bits per heavy atom. The van der Waals surface area contributed by atoms with Gasteiger partial charge in [0.15, 0.2) is 0 Å². The van der Waals surface area contributed by atoms with Crippen molar-refractivity contribution < 1.29 is 24.2 Å². The number of amides is 3. The van der Waals surface area contributed by atoms with Crippen molar-refractivity contribution in [2.45, 2.75) is 6.42 Å². The Labute approximate surface area is 92.5 Å². The van der Waals surface area contributed by atoms with E-state index in [1.807, 2.05) is 5.32 Å². The highest BCUT2D eigenvalue weighted by molar-refractivity contribution is 5.94. The number of imide groups is 1. The summed E-state index contributed by atoms with van der Waals surface area (Å²) >= 11 is 0. The molecule has 7 heteroatoms. The van der Waals surface area contributed by atoms with Crippen LogP contribution in [0.4, 0.5) is 4.79 Å². The van der Waals surface area contributed by atoms with Gasteiger partial charge in [-0.1, -0.05) is 6.08 Å². The summed E-state index contributed by atoms with van der Waals surface area (Å²) in [5.74, 6) is -1.87. The molecule has 0 atom stereocenters. The number of urea groups is 1. The van der Waals surface area contributed by atoms with E-state index in [2.05, 4.69) is 16.6 Å². The predicted molar refractivity (Wildman–Crippen MR) is 54.8 cm³/mol. The lowest BCUT2D eigenvalue weighted by Crippen LogP contribution is -2.41. The number of rotatable bonds is 7. The normalized spacial score (nSPS) is 9.25. The Balaban J connectivity index is 3.58. The number of carbonyl (C=O) groups is 3. The van der Waals surface area contributed by atoms with E-state index in [1.54, 1.807) is 6.08 Å². The zero-order valence-corrected chi connectivity index (χ0v) is 8.69. The van der Waals surface area contributed by atoms with Gasteiger partial charge in [-0.3, -0.25) is 10.1 Å². The molecule has 0 fully saturated rings. The second-order valence-electron chi connectivity index (χ2n) is 2.77. The van der Waals surface area contributed by atoms with Crippen molar-refractivity contribution in [2.24, 2.45) is 0 Å². The van der Waals surface area contributed by atoms with Gasteiger partial charge in [-0.2, -0.15) is 0 Å². The molecule has 0 heterocycles. The van der Waals surface area contributed by atoms with E-state index in [0.29, 0.717) is 13.0 Å². The minimum Gasteiger partial charge on any atom is -0.480 e. The fourth-order valence-corrected chi connectivity index (χ4v) is 0.726. The first-order valence-electron chi connectivity index (χ1n) is 4.54. The van der Waals surface area contributed by atoms with Gasteiger partial charge in [0.1, 0.15) is 13.2 Å². The second kappa shape index (κ2) is 8.42. The molecule has 0 unspecified atom stereocenters. The Morgan fingerprint density at radius 2 is 2.00 bits per heavy atom. The fourth-order valence-electron chi connectivity index (χ4n) is 0.726. The van der Waals surface area contributed by atoms with Gasteiger partial charge >= 0.3 is 12.0 Å². The lowest BCUT2D eigenvalue weighted by atomic mass is 10.4. The van der Waals surface area contributed by atoms with Crippen molar-refractivity contribution in [1.82, 2.24) is 10.6 Å². The average Bonchev–Trinajstić information content (AvgIpc) is 2.17. The van der Waals surface area contributed by atoms with Gasteiger partial charge in [-0.05, 0) is 6.42 Å². The molecule has 3 amide bonds. The number of hydrogen-bond donors (Lipinski definition) is 3. The molecular weight excluding hydrogens is 216 g/mol. The zero-order chi connectivity index (χ0) is 12.4. The number of nitrogens with one attached hydrogen (secondary N) is 2. The molecule has 16 heavy (non-hydrogen) atoms. The molecule has 0 spiro atoms. The maximum absolute atomic E-state index is 11.0. The zero-order valence-electron chi connectivity index (χ0n) is 8.69. The highest BCUT2D eigenvalue weighted by Crippen LogP contribution is 1.78. The third-order valence-electron chi connectivity index (χ3n) is 1.35. The molecule has 0 aromatic heterocycles. The molecular formula is C9H14N2O5. The highest BCUT2D eigenvalue weighted by atomic mass is 16.5. The van der Waals surface area contributed by atoms with E-state index in [4.69, 9.17) is 5.11 Å². The summed E-state index contributed by atoms with van der Waals surface area (Å²) in [5.41, 5.74) is 0. The van der Waals surface area contributed by atoms with Crippen molar-refractivity contribution in [3.05, 3.63) is 12.7 Å². The number of carboxylic acid groups (broad SMARTS) is 1. The number of ether oxygens (including phenoxy) is 1. The summed E-state index contributed by atoms with van der Waals surface area (Å²) in [4.78, 5) is 32.0. The van der Waals surface area contributed by atoms with Crippen molar-refractivity contribution in [3.8, 4) is 0 Å². The maximum atomic E-state index is 11.0. The van der Waals surface area contributed by atoms with Crippen LogP contribution in [0.5, 0.6) is 0 Å². The topological polar surface area (TPSA) is 105 Å². The predicted octanol–water partition coefficient (Wildman–Crippen LogP) is -0.510. The van der Waals surface area contributed by atoms with Gasteiger partial charge < -0.3 is 15.2 Å². The number of hydrogen-bond acceptors (Lipinski definition) is 4. The third-order valence-corrected chi connectivity index (χ3v) is 1.35. The van der Waals surface area contributed by atoms with Crippen LogP contribution in [-0.4, -0.2) is 42.8 Å². The lowest BCUT2D eigenvalue weighted by molar-refractivity contribution is -0.143. The van der Waals surface area contributed by atoms with E-state index in [-0.39, 0.29) is 0 Å². The molecule has 0 rings (SSSR count). The molecule has 0 saturated carbocycles. The Hall–Kier alpha value is -1.89. The number of carboxylic acids is 1. The van der Waals surface area contributed by atoms with Crippen LogP contribution in [0.25, 0.3) is 0 Å². The van der Waals surface area contributed by atoms with Gasteiger partial charge in [0.25, 0.3) is 5.91 Å². The van der Waals surface area contributed by atoms with Gasteiger partial charge in [0.05, 0.1) is 0 Å². The van der Waals surface area contributed by atoms with Gasteiger partial charge in [-0.15, -0.1) is 6.58 Å². The monoisotopic (exact) mass is 230 g/mol. The van der Waals surface area contributed by atoms with Crippen LogP contribution in [0.2, 0.25) is 0 Å². The first kappa shape index (κ1) is 14.1. The molecule has 0 aliphatic heterocycles. The Kier molecular flexibility index (Phi) is 7.43. The summed E-state index contributed by atoms with van der Waals surface area (Å²) in [6, 6.07) is -0.647. The van der Waals surface area contributed by atoms with Gasteiger partial charge in [-0.25, -0.2) is 9.59 Å². The van der Waals surface area contributed by atoms with Crippen molar-refractivity contribution in [2.75, 3.05) is 19.8 Å². The quantitative estimate of drug-likeness (QED) is 0.403. The highest BCUT2D eigenvalue weighted by Gasteiger charge is 2.07. The summed E-state index contributed by atoms with van der Waals surface area (Å²) in [7, 11) is 0. The lowest BCUT2D eigenvalue weighted by Gasteiger charge is -2.05. The standard InChI is InChI=1S/C9H14N2O5/c1-2-3-4-10-9(15)11-7(12)5-16-6-8(13)14/h2H,1,3-6H2,(H,13,14)(H2,10,11,12,15). The Morgan fingerprint density at radius 3 is 2.56 bits per heavy atom. The van der Waals surface area contributed by atoms with E-state index in [0.717, 1.165) is 0 Å². The van der Waals surface area contributed by atoms with Crippen LogP contribution >= 0.6 is 0 Å². The molecule has 0 saturated heterocycles. The van der Waals surface area contributed by atoms with E-state index < -0.39 is 31.1 Å². The minimum absolute atomic E-state index is 0.374. The smallest absolute Gasteiger partial charge is 0.329 e. The molecule has 0 radical (unpaired) electrons. The van der Waals surface area contributed by atoms with Crippen LogP contribution in [0, 0.1) is 0 Å². The SMILES string of the molecule is C=CCCNC(=O)NC(=O)COCC(=O)O. The molecule has 0 aromatic carbocycles. The van der Waals surface area contributed by atoms with Crippen LogP contribution in [-0.2, 0) is 14.3 Å². The summed E-state index contributed by atoms with van der Waals surface area (Å²) < 4.78 is 4.48. The molecule has 0 aromatic rings. The van der Waals surface area contributed by atoms with E-state index >= 15 is 0 Å².